The second-order valence-electron chi connectivity index (χ2n) is 11.6. The van der Waals surface area contributed by atoms with E-state index in [0.29, 0.717) is 5.92 Å². The molecule has 6 unspecified atom stereocenters. The number of imidazole rings is 1. The first kappa shape index (κ1) is 21.2. The van der Waals surface area contributed by atoms with E-state index < -0.39 is 0 Å². The second-order valence-corrected chi connectivity index (χ2v) is 11.6. The maximum absolute atomic E-state index is 11.5. The van der Waals surface area contributed by atoms with Crippen molar-refractivity contribution in [2.45, 2.75) is 78.7 Å². The molecule has 1 heterocycles. The Morgan fingerprint density at radius 2 is 1.88 bits per heavy atom. The molecule has 6 atom stereocenters. The van der Waals surface area contributed by atoms with E-state index in [1.807, 2.05) is 0 Å². The fourth-order valence-electron chi connectivity index (χ4n) is 8.49. The van der Waals surface area contributed by atoms with E-state index in [4.69, 9.17) is 9.72 Å². The first-order valence-electron chi connectivity index (χ1n) is 12.8. The van der Waals surface area contributed by atoms with Gasteiger partial charge in [0.2, 0.25) is 0 Å². The van der Waals surface area contributed by atoms with Gasteiger partial charge in [-0.1, -0.05) is 43.2 Å². The lowest BCUT2D eigenvalue weighted by Gasteiger charge is -2.57. The zero-order valence-corrected chi connectivity index (χ0v) is 20.4. The molecule has 0 spiro atoms. The maximum Gasteiger partial charge on any atom is 0.302 e. The molecule has 4 nitrogen and oxygen atoms in total. The minimum Gasteiger partial charge on any atom is -0.462 e. The average Bonchev–Trinajstić information content (AvgIpc) is 3.30. The van der Waals surface area contributed by atoms with Crippen LogP contribution in [-0.2, 0) is 9.53 Å². The standard InChI is InChI=1S/C29H36N2O2/c1-18-15-24-22-10-9-20-16-21(33-19(2)32)11-13-28(20,3)23(22)12-14-29(24,4)27(18)31-17-30-25-7-5-6-8-26(25)31/h5-9,17,21-24H,10-16H2,1-4H3. The summed E-state index contributed by atoms with van der Waals surface area (Å²) < 4.78 is 8.02. The van der Waals surface area contributed by atoms with Crippen LogP contribution in [0.4, 0.5) is 0 Å². The molecule has 4 heteroatoms. The zero-order chi connectivity index (χ0) is 23.0. The quantitative estimate of drug-likeness (QED) is 0.379. The number of hydrogen-bond acceptors (Lipinski definition) is 3. The molecule has 0 radical (unpaired) electrons. The van der Waals surface area contributed by atoms with Crippen LogP contribution < -0.4 is 0 Å². The second kappa shape index (κ2) is 7.32. The first-order valence-corrected chi connectivity index (χ1v) is 12.8. The monoisotopic (exact) mass is 444 g/mol. The van der Waals surface area contributed by atoms with Gasteiger partial charge in [-0.2, -0.15) is 0 Å². The van der Waals surface area contributed by atoms with Crippen LogP contribution in [0.1, 0.15) is 72.6 Å². The molecule has 0 N–H and O–H groups in total. The van der Waals surface area contributed by atoms with E-state index in [0.717, 1.165) is 36.6 Å². The van der Waals surface area contributed by atoms with Crippen molar-refractivity contribution in [3.8, 4) is 0 Å². The van der Waals surface area contributed by atoms with Crippen molar-refractivity contribution in [1.82, 2.24) is 9.55 Å². The van der Waals surface area contributed by atoms with Crippen molar-refractivity contribution in [1.29, 1.82) is 0 Å². The molecule has 4 aliphatic rings. The van der Waals surface area contributed by atoms with E-state index in [-0.39, 0.29) is 22.9 Å². The Bertz CT molecular complexity index is 1190. The van der Waals surface area contributed by atoms with Crippen molar-refractivity contribution in [2.24, 2.45) is 28.6 Å². The van der Waals surface area contributed by atoms with E-state index in [1.54, 1.807) is 11.1 Å². The third-order valence-electron chi connectivity index (χ3n) is 9.95. The van der Waals surface area contributed by atoms with Crippen molar-refractivity contribution in [3.05, 3.63) is 47.8 Å². The fraction of sp³-hybridized carbons (Fsp3) is 0.586. The van der Waals surface area contributed by atoms with Crippen LogP contribution in [0.3, 0.4) is 0 Å². The van der Waals surface area contributed by atoms with Crippen LogP contribution in [0, 0.1) is 28.6 Å². The van der Waals surface area contributed by atoms with Crippen molar-refractivity contribution >= 4 is 22.7 Å². The minimum absolute atomic E-state index is 0.0729. The first-order chi connectivity index (χ1) is 15.8. The predicted octanol–water partition coefficient (Wildman–Crippen LogP) is 6.77. The van der Waals surface area contributed by atoms with Gasteiger partial charge < -0.3 is 9.30 Å². The molecule has 4 aliphatic carbocycles. The van der Waals surface area contributed by atoms with Gasteiger partial charge in [-0.15, -0.1) is 0 Å². The van der Waals surface area contributed by atoms with Crippen LogP contribution in [-0.4, -0.2) is 21.6 Å². The van der Waals surface area contributed by atoms with Gasteiger partial charge in [-0.25, -0.2) is 4.98 Å². The lowest BCUT2D eigenvalue weighted by Crippen LogP contribution is -2.50. The molecule has 0 aliphatic heterocycles. The molecule has 6 rings (SSSR count). The SMILES string of the molecule is CC(=O)OC1CCC2(C)C(=CCC3C2CCC2(C)C(n4cnc5ccccc54)=C(C)CC32)C1. The van der Waals surface area contributed by atoms with Crippen LogP contribution in [0.2, 0.25) is 0 Å². The van der Waals surface area contributed by atoms with Gasteiger partial charge in [-0.05, 0) is 80.8 Å². The Kier molecular flexibility index (Phi) is 4.70. The van der Waals surface area contributed by atoms with E-state index >= 15 is 0 Å². The number of esters is 1. The van der Waals surface area contributed by atoms with Crippen LogP contribution >= 0.6 is 0 Å². The van der Waals surface area contributed by atoms with Crippen LogP contribution in [0.15, 0.2) is 47.8 Å². The third kappa shape index (κ3) is 3.02. The van der Waals surface area contributed by atoms with Gasteiger partial charge in [0.1, 0.15) is 12.4 Å². The lowest BCUT2D eigenvalue weighted by atomic mass is 9.47. The van der Waals surface area contributed by atoms with E-state index in [2.05, 4.69) is 62.0 Å². The number of benzene rings is 1. The Balaban J connectivity index is 1.33. The number of para-hydroxylation sites is 2. The Morgan fingerprint density at radius 1 is 1.09 bits per heavy atom. The number of allylic oxidation sites excluding steroid dienone is 3. The molecular weight excluding hydrogens is 408 g/mol. The number of rotatable bonds is 2. The van der Waals surface area contributed by atoms with E-state index in [1.165, 1.54) is 43.8 Å². The van der Waals surface area contributed by atoms with Gasteiger partial charge in [0.25, 0.3) is 0 Å². The largest absolute Gasteiger partial charge is 0.462 e. The van der Waals surface area contributed by atoms with Crippen LogP contribution in [0.5, 0.6) is 0 Å². The molecule has 174 valence electrons. The molecule has 1 aromatic carbocycles. The molecule has 0 amide bonds. The predicted molar refractivity (Wildman–Crippen MR) is 131 cm³/mol. The van der Waals surface area contributed by atoms with Gasteiger partial charge in [0.15, 0.2) is 0 Å². The average molecular weight is 445 g/mol. The Morgan fingerprint density at radius 3 is 2.70 bits per heavy atom. The number of hydrogen-bond donors (Lipinski definition) is 0. The number of carbonyl (C=O) groups is 1. The number of ether oxygens (including phenoxy) is 1. The highest BCUT2D eigenvalue weighted by Crippen LogP contribution is 2.67. The summed E-state index contributed by atoms with van der Waals surface area (Å²) in [5, 5.41) is 0. The molecule has 1 aromatic heterocycles. The van der Waals surface area contributed by atoms with Gasteiger partial charge in [0, 0.05) is 24.5 Å². The summed E-state index contributed by atoms with van der Waals surface area (Å²) >= 11 is 0. The smallest absolute Gasteiger partial charge is 0.302 e. The highest BCUT2D eigenvalue weighted by molar-refractivity contribution is 5.81. The fourth-order valence-corrected chi connectivity index (χ4v) is 8.49. The van der Waals surface area contributed by atoms with Crippen LogP contribution in [0.25, 0.3) is 16.7 Å². The third-order valence-corrected chi connectivity index (χ3v) is 9.95. The van der Waals surface area contributed by atoms with Crippen molar-refractivity contribution < 1.29 is 9.53 Å². The van der Waals surface area contributed by atoms with Gasteiger partial charge >= 0.3 is 5.97 Å². The molecule has 0 saturated heterocycles. The van der Waals surface area contributed by atoms with Crippen molar-refractivity contribution in [2.75, 3.05) is 0 Å². The number of nitrogens with zero attached hydrogens (tertiary/aromatic N) is 2. The molecule has 2 saturated carbocycles. The number of aromatic nitrogens is 2. The summed E-state index contributed by atoms with van der Waals surface area (Å²) in [6, 6.07) is 8.54. The molecule has 2 aromatic rings. The summed E-state index contributed by atoms with van der Waals surface area (Å²) in [6.07, 6.45) is 12.7. The van der Waals surface area contributed by atoms with Gasteiger partial charge in [-0.3, -0.25) is 4.79 Å². The highest BCUT2D eigenvalue weighted by atomic mass is 16.5. The zero-order valence-electron chi connectivity index (χ0n) is 20.4. The summed E-state index contributed by atoms with van der Waals surface area (Å²) in [7, 11) is 0. The normalized spacial score (nSPS) is 37.9. The number of fused-ring (bicyclic) bond motifs is 6. The molecular formula is C29H36N2O2. The Hall–Kier alpha value is -2.36. The van der Waals surface area contributed by atoms with Crippen molar-refractivity contribution in [3.63, 3.8) is 0 Å². The lowest BCUT2D eigenvalue weighted by molar-refractivity contribution is -0.148. The minimum atomic E-state index is -0.140. The Labute approximate surface area is 197 Å². The maximum atomic E-state index is 11.5. The molecule has 2 fully saturated rings. The topological polar surface area (TPSA) is 44.1 Å². The summed E-state index contributed by atoms with van der Waals surface area (Å²) in [5.41, 5.74) is 7.40. The highest BCUT2D eigenvalue weighted by Gasteiger charge is 2.58. The summed E-state index contributed by atoms with van der Waals surface area (Å²) in [5.74, 6) is 2.01. The molecule has 33 heavy (non-hydrogen) atoms. The van der Waals surface area contributed by atoms with E-state index in [9.17, 15) is 4.79 Å². The summed E-state index contributed by atoms with van der Waals surface area (Å²) in [4.78, 5) is 16.3. The summed E-state index contributed by atoms with van der Waals surface area (Å²) in [6.45, 7) is 8.95. The molecule has 0 bridgehead atoms. The van der Waals surface area contributed by atoms with Gasteiger partial charge in [0.05, 0.1) is 11.0 Å². The number of carbonyl (C=O) groups excluding carboxylic acids is 1.